The van der Waals surface area contributed by atoms with Crippen LogP contribution in [-0.4, -0.2) is 38.7 Å². The van der Waals surface area contributed by atoms with E-state index in [4.69, 9.17) is 21.1 Å². The standard InChI is InChI=1S/C18H19ClN2O4/c1-24-11-10-20-18(23)13-6-2-4-8-15(13)21-17(22)12-25-16-9-5-3-7-14(16)19/h2-9H,10-12H2,1H3,(H,20,23)(H,21,22). The molecule has 2 aromatic rings. The van der Waals surface area contributed by atoms with E-state index in [9.17, 15) is 9.59 Å². The van der Waals surface area contributed by atoms with Gasteiger partial charge in [-0.25, -0.2) is 0 Å². The highest BCUT2D eigenvalue weighted by molar-refractivity contribution is 6.32. The van der Waals surface area contributed by atoms with Crippen molar-refractivity contribution in [2.45, 2.75) is 0 Å². The Morgan fingerprint density at radius 2 is 1.80 bits per heavy atom. The highest BCUT2D eigenvalue weighted by Gasteiger charge is 2.13. The molecular weight excluding hydrogens is 344 g/mol. The van der Waals surface area contributed by atoms with Gasteiger partial charge < -0.3 is 20.1 Å². The molecule has 0 fully saturated rings. The highest BCUT2D eigenvalue weighted by atomic mass is 35.5. The molecule has 2 rings (SSSR count). The van der Waals surface area contributed by atoms with Crippen LogP contribution in [0, 0.1) is 0 Å². The predicted octanol–water partition coefficient (Wildman–Crippen LogP) is 2.73. The summed E-state index contributed by atoms with van der Waals surface area (Å²) in [6, 6.07) is 13.6. The lowest BCUT2D eigenvalue weighted by Gasteiger charge is -2.12. The normalized spacial score (nSPS) is 10.2. The number of carbonyl (C=O) groups is 2. The molecule has 25 heavy (non-hydrogen) atoms. The summed E-state index contributed by atoms with van der Waals surface area (Å²) in [4.78, 5) is 24.3. The maximum absolute atomic E-state index is 12.2. The Morgan fingerprint density at radius 1 is 1.08 bits per heavy atom. The topological polar surface area (TPSA) is 76.7 Å². The molecule has 7 heteroatoms. The van der Waals surface area contributed by atoms with Crippen LogP contribution in [0.5, 0.6) is 5.75 Å². The van der Waals surface area contributed by atoms with Crippen molar-refractivity contribution < 1.29 is 19.1 Å². The van der Waals surface area contributed by atoms with Gasteiger partial charge in [0.15, 0.2) is 6.61 Å². The zero-order valence-electron chi connectivity index (χ0n) is 13.8. The largest absolute Gasteiger partial charge is 0.482 e. The summed E-state index contributed by atoms with van der Waals surface area (Å²) in [5.41, 5.74) is 0.773. The van der Waals surface area contributed by atoms with Gasteiger partial charge in [0.25, 0.3) is 11.8 Å². The smallest absolute Gasteiger partial charge is 0.262 e. The van der Waals surface area contributed by atoms with Crippen molar-refractivity contribution in [1.29, 1.82) is 0 Å². The average molecular weight is 363 g/mol. The van der Waals surface area contributed by atoms with Crippen molar-refractivity contribution in [2.75, 3.05) is 32.2 Å². The number of nitrogens with one attached hydrogen (secondary N) is 2. The van der Waals surface area contributed by atoms with Crippen LogP contribution in [0.4, 0.5) is 5.69 Å². The Kier molecular flexibility index (Phi) is 7.25. The third-order valence-corrected chi connectivity index (χ3v) is 3.55. The fourth-order valence-electron chi connectivity index (χ4n) is 2.04. The van der Waals surface area contributed by atoms with Gasteiger partial charge in [-0.05, 0) is 24.3 Å². The van der Waals surface area contributed by atoms with Gasteiger partial charge in [0.05, 0.1) is 22.9 Å². The van der Waals surface area contributed by atoms with E-state index in [0.717, 1.165) is 0 Å². The SMILES string of the molecule is COCCNC(=O)c1ccccc1NC(=O)COc1ccccc1Cl. The highest BCUT2D eigenvalue weighted by Crippen LogP contribution is 2.23. The molecule has 0 unspecified atom stereocenters. The lowest BCUT2D eigenvalue weighted by Crippen LogP contribution is -2.28. The quantitative estimate of drug-likeness (QED) is 0.708. The van der Waals surface area contributed by atoms with Gasteiger partial charge in [0, 0.05) is 13.7 Å². The molecule has 0 saturated heterocycles. The molecule has 0 bridgehead atoms. The fourth-order valence-corrected chi connectivity index (χ4v) is 2.23. The zero-order valence-corrected chi connectivity index (χ0v) is 14.5. The van der Waals surface area contributed by atoms with Crippen LogP contribution in [0.3, 0.4) is 0 Å². The maximum Gasteiger partial charge on any atom is 0.262 e. The molecule has 0 saturated carbocycles. The van der Waals surface area contributed by atoms with Gasteiger partial charge in [0.1, 0.15) is 5.75 Å². The summed E-state index contributed by atoms with van der Waals surface area (Å²) >= 11 is 5.98. The number of ether oxygens (including phenoxy) is 2. The van der Waals surface area contributed by atoms with E-state index in [1.807, 2.05) is 0 Å². The Labute approximate surface area is 151 Å². The van der Waals surface area contributed by atoms with Crippen molar-refractivity contribution in [2.24, 2.45) is 0 Å². The second-order valence-electron chi connectivity index (χ2n) is 5.06. The van der Waals surface area contributed by atoms with Crippen LogP contribution >= 0.6 is 11.6 Å². The molecule has 132 valence electrons. The minimum absolute atomic E-state index is 0.219. The number of amides is 2. The Bertz CT molecular complexity index is 737. The molecule has 0 aliphatic heterocycles. The van der Waals surface area contributed by atoms with E-state index in [-0.39, 0.29) is 12.5 Å². The van der Waals surface area contributed by atoms with Gasteiger partial charge in [-0.1, -0.05) is 35.9 Å². The maximum atomic E-state index is 12.2. The van der Waals surface area contributed by atoms with Crippen molar-refractivity contribution in [3.63, 3.8) is 0 Å². The predicted molar refractivity (Wildman–Crippen MR) is 96.2 cm³/mol. The zero-order chi connectivity index (χ0) is 18.1. The molecule has 0 atom stereocenters. The number of methoxy groups -OCH3 is 1. The minimum atomic E-state index is -0.392. The second kappa shape index (κ2) is 9.66. The molecule has 0 spiro atoms. The molecule has 0 aliphatic rings. The van der Waals surface area contributed by atoms with Gasteiger partial charge in [0.2, 0.25) is 0 Å². The summed E-state index contributed by atoms with van der Waals surface area (Å²) < 4.78 is 10.3. The lowest BCUT2D eigenvalue weighted by atomic mass is 10.1. The van der Waals surface area contributed by atoms with Crippen LogP contribution in [0.25, 0.3) is 0 Å². The number of hydrogen-bond acceptors (Lipinski definition) is 4. The van der Waals surface area contributed by atoms with Crippen LogP contribution in [-0.2, 0) is 9.53 Å². The van der Waals surface area contributed by atoms with E-state index in [1.54, 1.807) is 55.6 Å². The van der Waals surface area contributed by atoms with Gasteiger partial charge in [-0.2, -0.15) is 0 Å². The number of carbonyl (C=O) groups excluding carboxylic acids is 2. The number of benzene rings is 2. The monoisotopic (exact) mass is 362 g/mol. The van der Waals surface area contributed by atoms with Crippen molar-refractivity contribution >= 4 is 29.1 Å². The van der Waals surface area contributed by atoms with E-state index < -0.39 is 5.91 Å². The van der Waals surface area contributed by atoms with Crippen LogP contribution in [0.1, 0.15) is 10.4 Å². The summed E-state index contributed by atoms with van der Waals surface area (Å²) in [7, 11) is 1.55. The van der Waals surface area contributed by atoms with Crippen LogP contribution in [0.2, 0.25) is 5.02 Å². The summed E-state index contributed by atoms with van der Waals surface area (Å²) in [5, 5.41) is 5.81. The Morgan fingerprint density at radius 3 is 2.56 bits per heavy atom. The number of para-hydroxylation sites is 2. The van der Waals surface area contributed by atoms with Gasteiger partial charge in [-0.15, -0.1) is 0 Å². The molecule has 0 radical (unpaired) electrons. The van der Waals surface area contributed by atoms with Crippen molar-refractivity contribution in [3.05, 3.63) is 59.1 Å². The molecular formula is C18H19ClN2O4. The fraction of sp³-hybridized carbons (Fsp3) is 0.222. The summed E-state index contributed by atoms with van der Waals surface area (Å²) in [6.45, 7) is 0.572. The summed E-state index contributed by atoms with van der Waals surface area (Å²) in [5.74, 6) is -0.262. The molecule has 2 amide bonds. The Balaban J connectivity index is 1.96. The van der Waals surface area contributed by atoms with Gasteiger partial charge >= 0.3 is 0 Å². The van der Waals surface area contributed by atoms with E-state index in [1.165, 1.54) is 0 Å². The first kappa shape index (κ1) is 18.8. The van der Waals surface area contributed by atoms with E-state index in [2.05, 4.69) is 10.6 Å². The van der Waals surface area contributed by atoms with Crippen molar-refractivity contribution in [1.82, 2.24) is 5.32 Å². The van der Waals surface area contributed by atoms with Crippen molar-refractivity contribution in [3.8, 4) is 5.75 Å². The third kappa shape index (κ3) is 5.77. The van der Waals surface area contributed by atoms with Crippen LogP contribution < -0.4 is 15.4 Å². The number of rotatable bonds is 8. The van der Waals surface area contributed by atoms with Gasteiger partial charge in [-0.3, -0.25) is 9.59 Å². The second-order valence-corrected chi connectivity index (χ2v) is 5.47. The van der Waals surface area contributed by atoms with E-state index in [0.29, 0.717) is 35.2 Å². The third-order valence-electron chi connectivity index (χ3n) is 3.23. The molecule has 0 aliphatic carbocycles. The molecule has 2 N–H and O–H groups in total. The Hall–Kier alpha value is -2.57. The first-order chi connectivity index (χ1) is 12.1. The number of anilines is 1. The average Bonchev–Trinajstić information content (AvgIpc) is 2.61. The minimum Gasteiger partial charge on any atom is -0.482 e. The molecule has 0 heterocycles. The molecule has 2 aromatic carbocycles. The van der Waals surface area contributed by atoms with E-state index >= 15 is 0 Å². The number of hydrogen-bond donors (Lipinski definition) is 2. The summed E-state index contributed by atoms with van der Waals surface area (Å²) in [6.07, 6.45) is 0. The molecule has 6 nitrogen and oxygen atoms in total. The lowest BCUT2D eigenvalue weighted by molar-refractivity contribution is -0.118. The first-order valence-electron chi connectivity index (χ1n) is 7.65. The van der Waals surface area contributed by atoms with Crippen LogP contribution in [0.15, 0.2) is 48.5 Å². The first-order valence-corrected chi connectivity index (χ1v) is 8.03. The molecule has 0 aromatic heterocycles. The number of halogens is 1.